The summed E-state index contributed by atoms with van der Waals surface area (Å²) in [7, 11) is 0. The number of hydrogen-bond acceptors (Lipinski definition) is 5. The van der Waals surface area contributed by atoms with Crippen molar-refractivity contribution in [3.63, 3.8) is 0 Å². The van der Waals surface area contributed by atoms with Crippen LogP contribution < -0.4 is 10.6 Å². The summed E-state index contributed by atoms with van der Waals surface area (Å²) in [6.07, 6.45) is 0. The number of halogens is 2. The molecule has 1 aromatic heterocycles. The fourth-order valence-electron chi connectivity index (χ4n) is 1.30. The van der Waals surface area contributed by atoms with Gasteiger partial charge in [0.15, 0.2) is 0 Å². The van der Waals surface area contributed by atoms with Gasteiger partial charge in [0.1, 0.15) is 5.82 Å². The molecule has 5 nitrogen and oxygen atoms in total. The Morgan fingerprint density at radius 3 is 2.94 bits per heavy atom. The Labute approximate surface area is 112 Å². The van der Waals surface area contributed by atoms with Gasteiger partial charge >= 0.3 is 6.01 Å². The summed E-state index contributed by atoms with van der Waals surface area (Å²) in [5.41, 5.74) is 0.550. The van der Waals surface area contributed by atoms with Crippen LogP contribution in [0.25, 0.3) is 0 Å². The van der Waals surface area contributed by atoms with Crippen molar-refractivity contribution in [3.8, 4) is 0 Å². The lowest BCUT2D eigenvalue weighted by molar-refractivity contribution is 0.484. The fraction of sp³-hybridized carbons (Fsp3) is 0.273. The van der Waals surface area contributed by atoms with Crippen molar-refractivity contribution < 1.29 is 8.81 Å². The Balaban J connectivity index is 2.04. The molecular weight excluding hydrogens is 303 g/mol. The quantitative estimate of drug-likeness (QED) is 0.888. The summed E-state index contributed by atoms with van der Waals surface area (Å²) in [6, 6.07) is 4.90. The van der Waals surface area contributed by atoms with Crippen LogP contribution in [0, 0.1) is 5.82 Å². The van der Waals surface area contributed by atoms with Crippen LogP contribution in [-0.2, 0) is 6.54 Å². The van der Waals surface area contributed by atoms with E-state index >= 15 is 0 Å². The van der Waals surface area contributed by atoms with E-state index in [-0.39, 0.29) is 11.8 Å². The van der Waals surface area contributed by atoms with Crippen molar-refractivity contribution in [3.05, 3.63) is 34.4 Å². The first-order valence-corrected chi connectivity index (χ1v) is 6.23. The molecule has 7 heteroatoms. The van der Waals surface area contributed by atoms with Crippen LogP contribution >= 0.6 is 15.9 Å². The summed E-state index contributed by atoms with van der Waals surface area (Å²) < 4.78 is 19.0. The van der Waals surface area contributed by atoms with Gasteiger partial charge in [0.05, 0.1) is 11.0 Å². The van der Waals surface area contributed by atoms with E-state index in [1.54, 1.807) is 12.1 Å². The molecule has 0 atom stereocenters. The van der Waals surface area contributed by atoms with Gasteiger partial charge in [0.25, 0.3) is 0 Å². The molecule has 0 saturated heterocycles. The molecule has 0 fully saturated rings. The Kier molecular flexibility index (Phi) is 4.27. The highest BCUT2D eigenvalue weighted by molar-refractivity contribution is 9.10. The maximum atomic E-state index is 13.3. The van der Waals surface area contributed by atoms with Crippen LogP contribution in [0.1, 0.15) is 12.8 Å². The molecule has 1 heterocycles. The normalized spacial score (nSPS) is 10.6. The molecule has 2 aromatic rings. The zero-order chi connectivity index (χ0) is 13.0. The van der Waals surface area contributed by atoms with Crippen LogP contribution in [0.5, 0.6) is 0 Å². The van der Waals surface area contributed by atoms with Crippen LogP contribution in [0.2, 0.25) is 0 Å². The van der Waals surface area contributed by atoms with Crippen molar-refractivity contribution in [2.45, 2.75) is 13.5 Å². The second-order valence-electron chi connectivity index (χ2n) is 3.54. The predicted octanol–water partition coefficient (Wildman–Crippen LogP) is 2.82. The largest absolute Gasteiger partial charge is 0.406 e. The van der Waals surface area contributed by atoms with Gasteiger partial charge in [-0.05, 0) is 40.7 Å². The van der Waals surface area contributed by atoms with Gasteiger partial charge in [-0.3, -0.25) is 0 Å². The first kappa shape index (κ1) is 13.0. The molecule has 0 bridgehead atoms. The van der Waals surface area contributed by atoms with Gasteiger partial charge in [-0.2, -0.15) is 0 Å². The third-order valence-electron chi connectivity index (χ3n) is 2.16. The average molecular weight is 315 g/mol. The van der Waals surface area contributed by atoms with Gasteiger partial charge in [-0.25, -0.2) is 4.39 Å². The van der Waals surface area contributed by atoms with Gasteiger partial charge in [-0.1, -0.05) is 12.0 Å². The van der Waals surface area contributed by atoms with Gasteiger partial charge in [0, 0.05) is 5.69 Å². The average Bonchev–Trinajstić information content (AvgIpc) is 2.79. The second-order valence-corrected chi connectivity index (χ2v) is 4.39. The summed E-state index contributed by atoms with van der Waals surface area (Å²) in [4.78, 5) is 0. The van der Waals surface area contributed by atoms with Crippen molar-refractivity contribution in [2.24, 2.45) is 0 Å². The monoisotopic (exact) mass is 314 g/mol. The number of rotatable bonds is 5. The number of benzene rings is 1. The van der Waals surface area contributed by atoms with Crippen molar-refractivity contribution in [1.82, 2.24) is 15.5 Å². The van der Waals surface area contributed by atoms with E-state index in [1.807, 2.05) is 6.92 Å². The topological polar surface area (TPSA) is 63.0 Å². The highest BCUT2D eigenvalue weighted by Gasteiger charge is 2.07. The molecule has 2 N–H and O–H groups in total. The van der Waals surface area contributed by atoms with E-state index in [4.69, 9.17) is 4.42 Å². The van der Waals surface area contributed by atoms with Crippen molar-refractivity contribution in [2.75, 3.05) is 11.9 Å². The van der Waals surface area contributed by atoms with Gasteiger partial charge in [0.2, 0.25) is 5.89 Å². The van der Waals surface area contributed by atoms with E-state index in [0.29, 0.717) is 22.6 Å². The Bertz CT molecular complexity index is 532. The third kappa shape index (κ3) is 3.27. The molecule has 0 aliphatic heterocycles. The predicted molar refractivity (Wildman–Crippen MR) is 69.1 cm³/mol. The number of hydrogen-bond donors (Lipinski definition) is 2. The summed E-state index contributed by atoms with van der Waals surface area (Å²) in [6.45, 7) is 3.32. The zero-order valence-corrected chi connectivity index (χ0v) is 11.3. The molecule has 0 aliphatic rings. The Morgan fingerprint density at radius 2 is 2.22 bits per heavy atom. The number of aromatic nitrogens is 2. The Morgan fingerprint density at radius 1 is 1.39 bits per heavy atom. The van der Waals surface area contributed by atoms with E-state index in [0.717, 1.165) is 6.54 Å². The minimum atomic E-state index is -0.354. The molecule has 0 saturated carbocycles. The molecular formula is C11H12BrFN4O. The summed E-state index contributed by atoms with van der Waals surface area (Å²) in [5.74, 6) is 0.129. The minimum absolute atomic E-state index is 0.240. The zero-order valence-electron chi connectivity index (χ0n) is 9.70. The Hall–Kier alpha value is -1.47. The van der Waals surface area contributed by atoms with E-state index in [2.05, 4.69) is 36.8 Å². The maximum Gasteiger partial charge on any atom is 0.320 e. The smallest absolute Gasteiger partial charge is 0.320 e. The standard InChI is InChI=1S/C11H12BrFN4O/c1-2-14-6-10-16-17-11(18-10)15-7-3-4-8(12)9(13)5-7/h3-5,14H,2,6H2,1H3,(H,15,17). The summed E-state index contributed by atoms with van der Waals surface area (Å²) >= 11 is 3.08. The van der Waals surface area contributed by atoms with E-state index < -0.39 is 0 Å². The second kappa shape index (κ2) is 5.92. The number of nitrogens with one attached hydrogen (secondary N) is 2. The van der Waals surface area contributed by atoms with Gasteiger partial charge in [-0.15, -0.1) is 5.10 Å². The van der Waals surface area contributed by atoms with Crippen molar-refractivity contribution in [1.29, 1.82) is 0 Å². The fourth-order valence-corrected chi connectivity index (χ4v) is 1.55. The lowest BCUT2D eigenvalue weighted by Gasteiger charge is -2.01. The highest BCUT2D eigenvalue weighted by Crippen LogP contribution is 2.21. The van der Waals surface area contributed by atoms with Crippen LogP contribution in [-0.4, -0.2) is 16.7 Å². The first-order chi connectivity index (χ1) is 8.69. The van der Waals surface area contributed by atoms with Crippen molar-refractivity contribution >= 4 is 27.6 Å². The molecule has 0 amide bonds. The molecule has 0 spiro atoms. The van der Waals surface area contributed by atoms with Gasteiger partial charge < -0.3 is 15.1 Å². The first-order valence-electron chi connectivity index (χ1n) is 5.44. The van der Waals surface area contributed by atoms with E-state index in [9.17, 15) is 4.39 Å². The lowest BCUT2D eigenvalue weighted by atomic mass is 10.3. The molecule has 2 rings (SSSR count). The minimum Gasteiger partial charge on any atom is -0.406 e. The number of nitrogens with zero attached hydrogens (tertiary/aromatic N) is 2. The molecule has 96 valence electrons. The van der Waals surface area contributed by atoms with Crippen LogP contribution in [0.15, 0.2) is 27.1 Å². The van der Waals surface area contributed by atoms with E-state index in [1.165, 1.54) is 6.07 Å². The summed E-state index contributed by atoms with van der Waals surface area (Å²) in [5, 5.41) is 13.6. The highest BCUT2D eigenvalue weighted by atomic mass is 79.9. The third-order valence-corrected chi connectivity index (χ3v) is 2.81. The van der Waals surface area contributed by atoms with Crippen LogP contribution in [0.4, 0.5) is 16.1 Å². The number of anilines is 2. The maximum absolute atomic E-state index is 13.3. The molecule has 0 unspecified atom stereocenters. The SMILES string of the molecule is CCNCc1nnc(Nc2ccc(Br)c(F)c2)o1. The molecule has 0 radical (unpaired) electrons. The van der Waals surface area contributed by atoms with Crippen LogP contribution in [0.3, 0.4) is 0 Å². The molecule has 0 aliphatic carbocycles. The molecule has 1 aromatic carbocycles. The molecule has 18 heavy (non-hydrogen) atoms. The lowest BCUT2D eigenvalue weighted by Crippen LogP contribution is -2.11.